The SMILES string of the molecule is CCC1(C(=O)Nc2cccc(NC(=O)C3CC3)c2)CCCN1. The molecule has 2 fully saturated rings. The molecular formula is C17H23N3O2. The van der Waals surface area contributed by atoms with Crippen LogP contribution >= 0.6 is 0 Å². The lowest BCUT2D eigenvalue weighted by molar-refractivity contribution is -0.122. The molecule has 1 saturated heterocycles. The van der Waals surface area contributed by atoms with E-state index in [1.807, 2.05) is 31.2 Å². The zero-order chi connectivity index (χ0) is 15.6. The molecule has 1 heterocycles. The number of rotatable bonds is 5. The second-order valence-corrected chi connectivity index (χ2v) is 6.26. The quantitative estimate of drug-likeness (QED) is 0.782. The molecule has 1 unspecified atom stereocenters. The lowest BCUT2D eigenvalue weighted by atomic mass is 9.93. The van der Waals surface area contributed by atoms with Crippen molar-refractivity contribution in [2.24, 2.45) is 5.92 Å². The zero-order valence-corrected chi connectivity index (χ0v) is 12.9. The number of amides is 2. The molecule has 0 spiro atoms. The first-order valence-electron chi connectivity index (χ1n) is 8.10. The minimum atomic E-state index is -0.451. The van der Waals surface area contributed by atoms with E-state index in [9.17, 15) is 9.59 Å². The standard InChI is InChI=1S/C17H23N3O2/c1-2-17(9-4-10-18-17)16(22)20-14-6-3-5-13(11-14)19-15(21)12-7-8-12/h3,5-6,11-12,18H,2,4,7-10H2,1H3,(H,19,21)(H,20,22). The van der Waals surface area contributed by atoms with E-state index in [0.717, 1.165) is 50.0 Å². The molecule has 118 valence electrons. The first-order chi connectivity index (χ1) is 10.6. The number of anilines is 2. The Bertz CT molecular complexity index is 575. The van der Waals surface area contributed by atoms with Crippen LogP contribution in [0.15, 0.2) is 24.3 Å². The van der Waals surface area contributed by atoms with Crippen molar-refractivity contribution in [1.82, 2.24) is 5.32 Å². The molecule has 1 aliphatic carbocycles. The van der Waals surface area contributed by atoms with Gasteiger partial charge in [-0.05, 0) is 56.8 Å². The molecule has 3 rings (SSSR count). The van der Waals surface area contributed by atoms with E-state index in [4.69, 9.17) is 0 Å². The highest BCUT2D eigenvalue weighted by Crippen LogP contribution is 2.30. The Kier molecular flexibility index (Phi) is 4.16. The molecular weight excluding hydrogens is 278 g/mol. The van der Waals surface area contributed by atoms with Crippen LogP contribution in [0, 0.1) is 5.92 Å². The summed E-state index contributed by atoms with van der Waals surface area (Å²) in [5.74, 6) is 0.258. The Morgan fingerprint density at radius 3 is 2.59 bits per heavy atom. The van der Waals surface area contributed by atoms with Gasteiger partial charge < -0.3 is 16.0 Å². The molecule has 2 amide bonds. The maximum Gasteiger partial charge on any atom is 0.244 e. The fourth-order valence-corrected chi connectivity index (χ4v) is 2.98. The molecule has 2 aliphatic rings. The monoisotopic (exact) mass is 301 g/mol. The Labute approximate surface area is 130 Å². The van der Waals surface area contributed by atoms with Gasteiger partial charge in [-0.3, -0.25) is 9.59 Å². The van der Waals surface area contributed by atoms with Crippen molar-refractivity contribution in [3.05, 3.63) is 24.3 Å². The van der Waals surface area contributed by atoms with Gasteiger partial charge in [-0.15, -0.1) is 0 Å². The van der Waals surface area contributed by atoms with E-state index < -0.39 is 5.54 Å². The molecule has 0 radical (unpaired) electrons. The molecule has 0 bridgehead atoms. The van der Waals surface area contributed by atoms with E-state index in [-0.39, 0.29) is 17.7 Å². The van der Waals surface area contributed by atoms with Crippen LogP contribution in [0.5, 0.6) is 0 Å². The Morgan fingerprint density at radius 1 is 1.27 bits per heavy atom. The molecule has 1 saturated carbocycles. The van der Waals surface area contributed by atoms with Crippen molar-refractivity contribution in [2.45, 2.75) is 44.6 Å². The fourth-order valence-electron chi connectivity index (χ4n) is 2.98. The van der Waals surface area contributed by atoms with Crippen LogP contribution in [0.1, 0.15) is 39.0 Å². The summed E-state index contributed by atoms with van der Waals surface area (Å²) in [4.78, 5) is 24.4. The molecule has 0 aromatic heterocycles. The highest BCUT2D eigenvalue weighted by Gasteiger charge is 2.39. The maximum absolute atomic E-state index is 12.6. The van der Waals surface area contributed by atoms with Crippen LogP contribution in [0.2, 0.25) is 0 Å². The first kappa shape index (κ1) is 15.0. The van der Waals surface area contributed by atoms with Crippen LogP contribution in [0.4, 0.5) is 11.4 Å². The van der Waals surface area contributed by atoms with Gasteiger partial charge in [0.2, 0.25) is 11.8 Å². The van der Waals surface area contributed by atoms with Gasteiger partial charge in [0.15, 0.2) is 0 Å². The molecule has 3 N–H and O–H groups in total. The summed E-state index contributed by atoms with van der Waals surface area (Å²) in [6.07, 6.45) is 4.63. The number of benzene rings is 1. The van der Waals surface area contributed by atoms with Gasteiger partial charge in [-0.2, -0.15) is 0 Å². The van der Waals surface area contributed by atoms with Crippen molar-refractivity contribution >= 4 is 23.2 Å². The minimum Gasteiger partial charge on any atom is -0.326 e. The van der Waals surface area contributed by atoms with Crippen molar-refractivity contribution in [2.75, 3.05) is 17.2 Å². The van der Waals surface area contributed by atoms with Gasteiger partial charge in [0, 0.05) is 17.3 Å². The average molecular weight is 301 g/mol. The summed E-state index contributed by atoms with van der Waals surface area (Å²) in [5, 5.41) is 9.21. The summed E-state index contributed by atoms with van der Waals surface area (Å²) >= 11 is 0. The van der Waals surface area contributed by atoms with Crippen LogP contribution in [-0.2, 0) is 9.59 Å². The van der Waals surface area contributed by atoms with E-state index in [1.165, 1.54) is 0 Å². The molecule has 1 aromatic carbocycles. The van der Waals surface area contributed by atoms with Gasteiger partial charge in [0.1, 0.15) is 0 Å². The Balaban J connectivity index is 1.66. The Morgan fingerprint density at radius 2 is 2.00 bits per heavy atom. The predicted octanol–water partition coefficient (Wildman–Crippen LogP) is 2.51. The number of carbonyl (C=O) groups is 2. The fraction of sp³-hybridized carbons (Fsp3) is 0.529. The third kappa shape index (κ3) is 3.14. The molecule has 22 heavy (non-hydrogen) atoms. The van der Waals surface area contributed by atoms with Crippen molar-refractivity contribution in [3.63, 3.8) is 0 Å². The van der Waals surface area contributed by atoms with Gasteiger partial charge in [-0.25, -0.2) is 0 Å². The normalized spacial score (nSPS) is 24.0. The largest absolute Gasteiger partial charge is 0.326 e. The van der Waals surface area contributed by atoms with Crippen LogP contribution in [0.25, 0.3) is 0 Å². The second kappa shape index (κ2) is 6.08. The van der Waals surface area contributed by atoms with Gasteiger partial charge in [0.05, 0.1) is 5.54 Å². The third-order valence-corrected chi connectivity index (χ3v) is 4.62. The molecule has 1 aromatic rings. The summed E-state index contributed by atoms with van der Waals surface area (Å²) < 4.78 is 0. The zero-order valence-electron chi connectivity index (χ0n) is 12.9. The molecule has 1 aliphatic heterocycles. The van der Waals surface area contributed by atoms with E-state index >= 15 is 0 Å². The van der Waals surface area contributed by atoms with Crippen LogP contribution in [-0.4, -0.2) is 23.9 Å². The topological polar surface area (TPSA) is 70.2 Å². The summed E-state index contributed by atoms with van der Waals surface area (Å²) in [7, 11) is 0. The summed E-state index contributed by atoms with van der Waals surface area (Å²) in [6.45, 7) is 2.92. The van der Waals surface area contributed by atoms with Crippen LogP contribution < -0.4 is 16.0 Å². The van der Waals surface area contributed by atoms with Crippen molar-refractivity contribution in [3.8, 4) is 0 Å². The Hall–Kier alpha value is -1.88. The summed E-state index contributed by atoms with van der Waals surface area (Å²) in [5.41, 5.74) is 1.01. The average Bonchev–Trinajstić information content (AvgIpc) is 3.25. The maximum atomic E-state index is 12.6. The van der Waals surface area contributed by atoms with Crippen LogP contribution in [0.3, 0.4) is 0 Å². The van der Waals surface area contributed by atoms with Crippen molar-refractivity contribution in [1.29, 1.82) is 0 Å². The number of hydrogen-bond donors (Lipinski definition) is 3. The minimum absolute atomic E-state index is 0.0122. The van der Waals surface area contributed by atoms with Gasteiger partial charge in [0.25, 0.3) is 0 Å². The highest BCUT2D eigenvalue weighted by atomic mass is 16.2. The lowest BCUT2D eigenvalue weighted by Gasteiger charge is -2.26. The van der Waals surface area contributed by atoms with E-state index in [1.54, 1.807) is 0 Å². The van der Waals surface area contributed by atoms with Gasteiger partial charge >= 0.3 is 0 Å². The summed E-state index contributed by atoms with van der Waals surface area (Å²) in [6, 6.07) is 7.36. The smallest absolute Gasteiger partial charge is 0.244 e. The highest BCUT2D eigenvalue weighted by molar-refractivity contribution is 5.99. The number of hydrogen-bond acceptors (Lipinski definition) is 3. The molecule has 5 heteroatoms. The molecule has 5 nitrogen and oxygen atoms in total. The van der Waals surface area contributed by atoms with E-state index in [0.29, 0.717) is 0 Å². The second-order valence-electron chi connectivity index (χ2n) is 6.26. The van der Waals surface area contributed by atoms with E-state index in [2.05, 4.69) is 16.0 Å². The predicted molar refractivity (Wildman–Crippen MR) is 86.7 cm³/mol. The first-order valence-corrected chi connectivity index (χ1v) is 8.10. The molecule has 1 atom stereocenters. The third-order valence-electron chi connectivity index (χ3n) is 4.62. The van der Waals surface area contributed by atoms with Gasteiger partial charge in [-0.1, -0.05) is 13.0 Å². The van der Waals surface area contributed by atoms with Crippen molar-refractivity contribution < 1.29 is 9.59 Å². The number of nitrogens with one attached hydrogen (secondary N) is 3. The lowest BCUT2D eigenvalue weighted by Crippen LogP contribution is -2.50. The number of carbonyl (C=O) groups excluding carboxylic acids is 2.